The van der Waals surface area contributed by atoms with Crippen LogP contribution in [0.15, 0.2) is 72.9 Å². The van der Waals surface area contributed by atoms with Crippen LogP contribution < -0.4 is 9.64 Å². The average molecular weight is 486 g/mol. The number of carbonyl (C=O) groups is 1. The Kier molecular flexibility index (Phi) is 6.15. The van der Waals surface area contributed by atoms with Crippen molar-refractivity contribution in [3.8, 4) is 16.3 Å². The third-order valence-electron chi connectivity index (χ3n) is 5.46. The summed E-state index contributed by atoms with van der Waals surface area (Å²) in [4.78, 5) is 23.6. The van der Waals surface area contributed by atoms with E-state index in [0.29, 0.717) is 21.0 Å². The summed E-state index contributed by atoms with van der Waals surface area (Å²) in [6.45, 7) is 1.98. The Hall–Kier alpha value is -4.24. The number of fused-ring (bicyclic) bond motifs is 1. The number of halogens is 1. The quantitative estimate of drug-likeness (QED) is 0.318. The lowest BCUT2D eigenvalue weighted by atomic mass is 10.1. The van der Waals surface area contributed by atoms with Gasteiger partial charge in [-0.25, -0.2) is 9.37 Å². The second kappa shape index (κ2) is 9.55. The number of methoxy groups -OCH3 is 1. The first-order chi connectivity index (χ1) is 17.0. The Morgan fingerprint density at radius 2 is 1.80 bits per heavy atom. The molecule has 35 heavy (non-hydrogen) atoms. The van der Waals surface area contributed by atoms with Gasteiger partial charge in [0.15, 0.2) is 0 Å². The van der Waals surface area contributed by atoms with Crippen LogP contribution in [0.3, 0.4) is 0 Å². The summed E-state index contributed by atoms with van der Waals surface area (Å²) in [7, 11) is 1.62. The van der Waals surface area contributed by atoms with Crippen molar-refractivity contribution in [2.75, 3.05) is 12.0 Å². The minimum absolute atomic E-state index is 0.0288. The number of carbonyl (C=O) groups excluding carboxylic acids is 1. The van der Waals surface area contributed by atoms with Crippen LogP contribution in [0.2, 0.25) is 0 Å². The molecule has 0 saturated carbocycles. The summed E-state index contributed by atoms with van der Waals surface area (Å²) >= 11 is 1.34. The SMILES string of the molecule is COc1ccc(-c2nnc(CN(C(=O)c3cnc4ccccc4n3)c3ccccc3F)s2)cc1C. The highest BCUT2D eigenvalue weighted by atomic mass is 32.1. The number of amides is 1. The Labute approximate surface area is 204 Å². The summed E-state index contributed by atoms with van der Waals surface area (Å²) < 4.78 is 20.1. The number of rotatable bonds is 6. The fraction of sp³-hybridized carbons (Fsp3) is 0.115. The maximum atomic E-state index is 14.8. The highest BCUT2D eigenvalue weighted by Gasteiger charge is 2.24. The van der Waals surface area contributed by atoms with E-state index in [4.69, 9.17) is 4.74 Å². The molecule has 5 aromatic rings. The fourth-order valence-corrected chi connectivity index (χ4v) is 4.54. The van der Waals surface area contributed by atoms with E-state index >= 15 is 0 Å². The minimum atomic E-state index is -0.523. The summed E-state index contributed by atoms with van der Waals surface area (Å²) in [6.07, 6.45) is 1.41. The van der Waals surface area contributed by atoms with Crippen LogP contribution in [-0.2, 0) is 6.54 Å². The summed E-state index contributed by atoms with van der Waals surface area (Å²) in [6, 6.07) is 19.1. The molecule has 0 N–H and O–H groups in total. The lowest BCUT2D eigenvalue weighted by Gasteiger charge is -2.21. The van der Waals surface area contributed by atoms with Crippen LogP contribution in [0.4, 0.5) is 10.1 Å². The Balaban J connectivity index is 1.49. The van der Waals surface area contributed by atoms with E-state index in [1.165, 1.54) is 28.5 Å². The number of ether oxygens (including phenoxy) is 1. The van der Waals surface area contributed by atoms with Gasteiger partial charge in [-0.05, 0) is 55.0 Å². The van der Waals surface area contributed by atoms with Gasteiger partial charge in [-0.1, -0.05) is 35.6 Å². The molecule has 2 aromatic heterocycles. The molecule has 9 heteroatoms. The van der Waals surface area contributed by atoms with E-state index in [1.54, 1.807) is 31.4 Å². The van der Waals surface area contributed by atoms with Gasteiger partial charge in [-0.2, -0.15) is 0 Å². The van der Waals surface area contributed by atoms with Crippen LogP contribution in [-0.4, -0.2) is 33.2 Å². The largest absolute Gasteiger partial charge is 0.496 e. The van der Waals surface area contributed by atoms with Crippen LogP contribution in [0, 0.1) is 12.7 Å². The molecule has 0 unspecified atom stereocenters. The molecule has 0 spiro atoms. The van der Waals surface area contributed by atoms with Crippen molar-refractivity contribution in [2.45, 2.75) is 13.5 Å². The molecule has 0 bridgehead atoms. The van der Waals surface area contributed by atoms with Crippen molar-refractivity contribution in [3.05, 3.63) is 95.0 Å². The second-order valence-corrected chi connectivity index (χ2v) is 8.83. The van der Waals surface area contributed by atoms with Gasteiger partial charge < -0.3 is 4.74 Å². The second-order valence-electron chi connectivity index (χ2n) is 7.77. The van der Waals surface area contributed by atoms with Crippen molar-refractivity contribution in [2.24, 2.45) is 0 Å². The fourth-order valence-electron chi connectivity index (χ4n) is 3.72. The number of anilines is 1. The zero-order valence-corrected chi connectivity index (χ0v) is 19.8. The van der Waals surface area contributed by atoms with Crippen LogP contribution in [0.5, 0.6) is 5.75 Å². The van der Waals surface area contributed by atoms with Crippen LogP contribution in [0.1, 0.15) is 21.1 Å². The van der Waals surface area contributed by atoms with Crippen molar-refractivity contribution in [1.29, 1.82) is 0 Å². The molecule has 1 amide bonds. The molecule has 3 aromatic carbocycles. The predicted molar refractivity (Wildman–Crippen MR) is 133 cm³/mol. The molecule has 7 nitrogen and oxygen atoms in total. The van der Waals surface area contributed by atoms with Gasteiger partial charge in [-0.15, -0.1) is 10.2 Å². The zero-order chi connectivity index (χ0) is 24.4. The molecular weight excluding hydrogens is 465 g/mol. The monoisotopic (exact) mass is 485 g/mol. The third kappa shape index (κ3) is 4.58. The molecule has 0 atom stereocenters. The van der Waals surface area contributed by atoms with Gasteiger partial charge in [0.2, 0.25) is 0 Å². The molecule has 0 aliphatic heterocycles. The van der Waals surface area contributed by atoms with E-state index in [2.05, 4.69) is 20.2 Å². The molecule has 0 aliphatic carbocycles. The van der Waals surface area contributed by atoms with E-state index < -0.39 is 11.7 Å². The van der Waals surface area contributed by atoms with Crippen molar-refractivity contribution >= 4 is 34.0 Å². The van der Waals surface area contributed by atoms with E-state index in [-0.39, 0.29) is 17.9 Å². The third-order valence-corrected chi connectivity index (χ3v) is 6.42. The number of benzene rings is 3. The minimum Gasteiger partial charge on any atom is -0.496 e. The highest BCUT2D eigenvalue weighted by Crippen LogP contribution is 2.30. The number of aryl methyl sites for hydroxylation is 1. The smallest absolute Gasteiger partial charge is 0.278 e. The number of hydrogen-bond donors (Lipinski definition) is 0. The molecule has 174 valence electrons. The number of para-hydroxylation sites is 3. The maximum absolute atomic E-state index is 14.8. The Morgan fingerprint density at radius 1 is 1.03 bits per heavy atom. The normalized spacial score (nSPS) is 10.9. The van der Waals surface area contributed by atoms with Crippen molar-refractivity contribution < 1.29 is 13.9 Å². The standard InChI is InChI=1S/C26H20FN5O2S/c1-16-13-17(11-12-23(16)34-2)25-31-30-24(35-25)15-32(22-10-6-3-7-18(22)27)26(33)21-14-28-19-8-4-5-9-20(19)29-21/h3-14H,15H2,1-2H3. The average Bonchev–Trinajstić information content (AvgIpc) is 3.36. The van der Waals surface area contributed by atoms with Gasteiger partial charge in [0.1, 0.15) is 27.3 Å². The van der Waals surface area contributed by atoms with Gasteiger partial charge in [0.25, 0.3) is 5.91 Å². The molecular formula is C26H20FN5O2S. The molecule has 0 radical (unpaired) electrons. The maximum Gasteiger partial charge on any atom is 0.278 e. The Morgan fingerprint density at radius 3 is 2.57 bits per heavy atom. The van der Waals surface area contributed by atoms with E-state index in [0.717, 1.165) is 16.9 Å². The molecule has 2 heterocycles. The lowest BCUT2D eigenvalue weighted by molar-refractivity contribution is 0.0979. The first-order valence-electron chi connectivity index (χ1n) is 10.8. The highest BCUT2D eigenvalue weighted by molar-refractivity contribution is 7.14. The van der Waals surface area contributed by atoms with E-state index in [9.17, 15) is 9.18 Å². The summed E-state index contributed by atoms with van der Waals surface area (Å²) in [5.74, 6) is -0.221. The Bertz CT molecular complexity index is 1540. The number of nitrogens with zero attached hydrogens (tertiary/aromatic N) is 5. The van der Waals surface area contributed by atoms with Gasteiger partial charge in [0.05, 0.1) is 36.6 Å². The number of hydrogen-bond acceptors (Lipinski definition) is 7. The van der Waals surface area contributed by atoms with Gasteiger partial charge in [-0.3, -0.25) is 14.7 Å². The van der Waals surface area contributed by atoms with Crippen LogP contribution >= 0.6 is 11.3 Å². The molecule has 0 fully saturated rings. The predicted octanol–water partition coefficient (Wildman–Crippen LogP) is 5.45. The zero-order valence-electron chi connectivity index (χ0n) is 19.0. The topological polar surface area (TPSA) is 81.1 Å². The van der Waals surface area contributed by atoms with E-state index in [1.807, 2.05) is 43.3 Å². The number of aromatic nitrogens is 4. The first-order valence-corrected chi connectivity index (χ1v) is 11.6. The van der Waals surface area contributed by atoms with Gasteiger partial charge >= 0.3 is 0 Å². The summed E-state index contributed by atoms with van der Waals surface area (Å²) in [5, 5.41) is 9.81. The van der Waals surface area contributed by atoms with Crippen molar-refractivity contribution in [1.82, 2.24) is 20.2 Å². The molecule has 5 rings (SSSR count). The lowest BCUT2D eigenvalue weighted by Crippen LogP contribution is -2.32. The summed E-state index contributed by atoms with van der Waals surface area (Å²) in [5.41, 5.74) is 3.35. The molecule has 0 saturated heterocycles. The van der Waals surface area contributed by atoms with Crippen molar-refractivity contribution in [3.63, 3.8) is 0 Å². The van der Waals surface area contributed by atoms with Gasteiger partial charge in [0, 0.05) is 5.56 Å². The van der Waals surface area contributed by atoms with Crippen LogP contribution in [0.25, 0.3) is 21.6 Å². The first kappa shape index (κ1) is 22.5. The molecule has 0 aliphatic rings.